The molecule has 2 aliphatic heterocycles. The molecule has 2 aliphatic rings. The van der Waals surface area contributed by atoms with Gasteiger partial charge in [-0.25, -0.2) is 0 Å². The fraction of sp³-hybridized carbons (Fsp3) is 0. The van der Waals surface area contributed by atoms with Crippen LogP contribution in [0.25, 0.3) is 44.5 Å². The van der Waals surface area contributed by atoms with E-state index in [0.717, 1.165) is 83.4 Å². The molecular weight excluding hydrogens is 601 g/mol. The van der Waals surface area contributed by atoms with Crippen LogP contribution in [0.1, 0.15) is 0 Å². The van der Waals surface area contributed by atoms with Crippen LogP contribution in [0.2, 0.25) is 0 Å². The van der Waals surface area contributed by atoms with Crippen molar-refractivity contribution < 1.29 is 9.47 Å². The number of benzene rings is 6. The first-order valence-corrected chi connectivity index (χ1v) is 18.0. The molecule has 1 aromatic heterocycles. The fourth-order valence-electron chi connectivity index (χ4n) is 6.57. The van der Waals surface area contributed by atoms with Gasteiger partial charge in [0.2, 0.25) is 0 Å². The van der Waals surface area contributed by atoms with Crippen molar-refractivity contribution in [2.75, 3.05) is 0 Å². The molecular formula is C41H26NO2PS. The molecule has 3 heterocycles. The first kappa shape index (κ1) is 27.1. The largest absolute Gasteiger partial charge is 0.456 e. The molecule has 0 aliphatic carbocycles. The Bertz CT molecular complexity index is 2270. The lowest BCUT2D eigenvalue weighted by atomic mass is 10.00. The highest BCUT2D eigenvalue weighted by molar-refractivity contribution is 8.26. The molecule has 6 aromatic carbocycles. The average Bonchev–Trinajstić information content (AvgIpc) is 3.13. The minimum absolute atomic E-state index is 0.770. The maximum Gasteiger partial charge on any atom is 0.148 e. The van der Waals surface area contributed by atoms with Crippen molar-refractivity contribution in [3.05, 3.63) is 158 Å². The lowest BCUT2D eigenvalue weighted by molar-refractivity contribution is 0.467. The minimum atomic E-state index is -2.64. The molecule has 0 saturated carbocycles. The van der Waals surface area contributed by atoms with Crippen molar-refractivity contribution in [2.24, 2.45) is 0 Å². The average molecular weight is 628 g/mol. The second-order valence-electron chi connectivity index (χ2n) is 11.5. The van der Waals surface area contributed by atoms with Crippen molar-refractivity contribution >= 4 is 33.8 Å². The summed E-state index contributed by atoms with van der Waals surface area (Å²) in [5, 5.41) is 3.09. The lowest BCUT2D eigenvalue weighted by Gasteiger charge is -2.38. The third-order valence-electron chi connectivity index (χ3n) is 8.86. The van der Waals surface area contributed by atoms with Crippen LogP contribution in [-0.2, 0) is 11.8 Å². The number of nitrogens with zero attached hydrogens (tertiary/aromatic N) is 1. The molecule has 5 heteroatoms. The molecule has 1 atom stereocenters. The zero-order valence-electron chi connectivity index (χ0n) is 24.6. The monoisotopic (exact) mass is 627 g/mol. The topological polar surface area (TPSA) is 31.4 Å². The third-order valence-corrected chi connectivity index (χ3v) is 13.7. The van der Waals surface area contributed by atoms with E-state index in [1.165, 1.54) is 0 Å². The molecule has 0 radical (unpaired) electrons. The molecule has 3 nitrogen and oxygen atoms in total. The molecule has 46 heavy (non-hydrogen) atoms. The van der Waals surface area contributed by atoms with Crippen molar-refractivity contribution in [1.82, 2.24) is 4.98 Å². The van der Waals surface area contributed by atoms with E-state index in [0.29, 0.717) is 0 Å². The van der Waals surface area contributed by atoms with Crippen LogP contribution in [0.4, 0.5) is 0 Å². The Labute approximate surface area is 272 Å². The third kappa shape index (κ3) is 4.26. The SMILES string of the molecule is S=P12c3cc(-c4ccccc4)ccc3Oc3ccc(-c4ccc(-c5ccncc5)cc4)c(c31)Oc1ccc(-c3ccccc3)cc12. The van der Waals surface area contributed by atoms with Gasteiger partial charge in [0, 0.05) is 28.6 Å². The normalized spacial score (nSPS) is 15.5. The zero-order valence-corrected chi connectivity index (χ0v) is 26.3. The van der Waals surface area contributed by atoms with Gasteiger partial charge in [0.15, 0.2) is 0 Å². The first-order valence-electron chi connectivity index (χ1n) is 15.2. The summed E-state index contributed by atoms with van der Waals surface area (Å²) in [6, 6.07) is 48.0. The number of hydrogen-bond donors (Lipinski definition) is 0. The lowest BCUT2D eigenvalue weighted by Crippen LogP contribution is -2.35. The van der Waals surface area contributed by atoms with Crippen LogP contribution in [-0.4, -0.2) is 4.98 Å². The molecule has 7 aromatic rings. The highest BCUT2D eigenvalue weighted by Gasteiger charge is 2.44. The predicted molar refractivity (Wildman–Crippen MR) is 192 cm³/mol. The van der Waals surface area contributed by atoms with E-state index in [2.05, 4.69) is 126 Å². The molecule has 0 N–H and O–H groups in total. The summed E-state index contributed by atoms with van der Waals surface area (Å²) in [5.41, 5.74) is 8.85. The quantitative estimate of drug-likeness (QED) is 0.182. The molecule has 9 rings (SSSR count). The van der Waals surface area contributed by atoms with Crippen LogP contribution >= 0.6 is 6.04 Å². The van der Waals surface area contributed by atoms with Crippen molar-refractivity contribution in [3.8, 4) is 67.5 Å². The van der Waals surface area contributed by atoms with E-state index in [4.69, 9.17) is 21.3 Å². The van der Waals surface area contributed by atoms with Gasteiger partial charge < -0.3 is 9.47 Å². The van der Waals surface area contributed by atoms with Crippen LogP contribution < -0.4 is 25.4 Å². The van der Waals surface area contributed by atoms with E-state index >= 15 is 0 Å². The number of hydrogen-bond acceptors (Lipinski definition) is 4. The van der Waals surface area contributed by atoms with E-state index in [1.54, 1.807) is 0 Å². The van der Waals surface area contributed by atoms with E-state index in [9.17, 15) is 0 Å². The van der Waals surface area contributed by atoms with Crippen molar-refractivity contribution in [1.29, 1.82) is 0 Å². The predicted octanol–water partition coefficient (Wildman–Crippen LogP) is 9.72. The number of ether oxygens (including phenoxy) is 2. The van der Waals surface area contributed by atoms with Gasteiger partial charge in [0.1, 0.15) is 23.0 Å². The summed E-state index contributed by atoms with van der Waals surface area (Å²) < 4.78 is 13.5. The second kappa shape index (κ2) is 10.7. The number of fused-ring (bicyclic) bond motifs is 4. The van der Waals surface area contributed by atoms with Crippen LogP contribution in [0.5, 0.6) is 23.0 Å². The summed E-state index contributed by atoms with van der Waals surface area (Å²) in [5.74, 6) is 3.17. The van der Waals surface area contributed by atoms with E-state index in [-0.39, 0.29) is 0 Å². The Morgan fingerprint density at radius 3 is 1.52 bits per heavy atom. The van der Waals surface area contributed by atoms with Crippen LogP contribution in [0, 0.1) is 0 Å². The van der Waals surface area contributed by atoms with Gasteiger partial charge >= 0.3 is 0 Å². The maximum atomic E-state index is 7.02. The summed E-state index contributed by atoms with van der Waals surface area (Å²) in [4.78, 5) is 4.16. The maximum absolute atomic E-state index is 7.02. The standard InChI is InChI=1S/C41H26NO2PS/c46-45-38-25-32(27-7-3-1-4-8-27)15-18-35(38)43-37-20-17-34(31-13-11-29(12-14-31)30-21-23-42-24-22-30)40(41(37)45)44-36-19-16-33(26-39(36)45)28-9-5-2-6-10-28/h1-26H. The first-order chi connectivity index (χ1) is 22.7. The smallest absolute Gasteiger partial charge is 0.148 e. The van der Waals surface area contributed by atoms with Gasteiger partial charge in [0.05, 0.1) is 11.3 Å². The van der Waals surface area contributed by atoms with Crippen LogP contribution in [0.3, 0.4) is 0 Å². The summed E-state index contributed by atoms with van der Waals surface area (Å²) >= 11 is 7.02. The Balaban J connectivity index is 1.27. The highest BCUT2D eigenvalue weighted by Crippen LogP contribution is 2.60. The molecule has 0 spiro atoms. The Kier molecular flexibility index (Phi) is 6.28. The van der Waals surface area contributed by atoms with Crippen molar-refractivity contribution in [2.45, 2.75) is 0 Å². The van der Waals surface area contributed by atoms with Crippen LogP contribution in [0.15, 0.2) is 158 Å². The summed E-state index contributed by atoms with van der Waals surface area (Å²) in [6.07, 6.45) is 3.64. The second-order valence-corrected chi connectivity index (χ2v) is 15.8. The van der Waals surface area contributed by atoms with Gasteiger partial charge in [0.25, 0.3) is 0 Å². The van der Waals surface area contributed by atoms with Gasteiger partial charge in [-0.1, -0.05) is 109 Å². The highest BCUT2D eigenvalue weighted by atomic mass is 32.4. The summed E-state index contributed by atoms with van der Waals surface area (Å²) in [6.45, 7) is 0. The van der Waals surface area contributed by atoms with E-state index < -0.39 is 6.04 Å². The molecule has 0 amide bonds. The van der Waals surface area contributed by atoms with Gasteiger partial charge in [-0.15, -0.1) is 0 Å². The number of aromatic nitrogens is 1. The molecule has 0 saturated heterocycles. The molecule has 218 valence electrons. The Morgan fingerprint density at radius 1 is 0.435 bits per heavy atom. The molecule has 0 fully saturated rings. The van der Waals surface area contributed by atoms with Gasteiger partial charge in [-0.3, -0.25) is 4.98 Å². The Hall–Kier alpha value is -5.28. The molecule has 1 unspecified atom stereocenters. The fourth-order valence-corrected chi connectivity index (χ4v) is 11.1. The summed E-state index contributed by atoms with van der Waals surface area (Å²) in [7, 11) is 0. The van der Waals surface area contributed by atoms with Gasteiger partial charge in [-0.05, 0) is 87.5 Å². The number of pyridine rings is 1. The van der Waals surface area contributed by atoms with E-state index in [1.807, 2.05) is 36.7 Å². The minimum Gasteiger partial charge on any atom is -0.456 e. The Morgan fingerprint density at radius 2 is 0.913 bits per heavy atom. The van der Waals surface area contributed by atoms with Gasteiger partial charge in [-0.2, -0.15) is 0 Å². The zero-order chi connectivity index (χ0) is 30.7. The number of rotatable bonds is 4. The van der Waals surface area contributed by atoms with Crippen molar-refractivity contribution in [3.63, 3.8) is 0 Å². The molecule has 0 bridgehead atoms.